The van der Waals surface area contributed by atoms with E-state index in [0.29, 0.717) is 6.54 Å². The van der Waals surface area contributed by atoms with Crippen LogP contribution >= 0.6 is 0 Å². The van der Waals surface area contributed by atoms with Crippen molar-refractivity contribution in [1.82, 2.24) is 0 Å². The Kier molecular flexibility index (Phi) is 3.00. The zero-order valence-corrected chi connectivity index (χ0v) is 8.31. The van der Waals surface area contributed by atoms with E-state index in [1.54, 1.807) is 6.07 Å². The van der Waals surface area contributed by atoms with E-state index in [1.807, 2.05) is 42.5 Å². The highest BCUT2D eigenvalue weighted by Crippen LogP contribution is 2.21. The average Bonchev–Trinajstić information content (AvgIpc) is 2.31. The molecule has 0 saturated carbocycles. The summed E-state index contributed by atoms with van der Waals surface area (Å²) in [6.45, 7) is 0.526. The molecule has 2 rings (SSSR count). The molecule has 2 nitrogen and oxygen atoms in total. The van der Waals surface area contributed by atoms with E-state index in [0.717, 1.165) is 17.1 Å². The van der Waals surface area contributed by atoms with Crippen molar-refractivity contribution in [2.24, 2.45) is 5.73 Å². The highest BCUT2D eigenvalue weighted by Gasteiger charge is 1.96. The molecule has 0 aliphatic heterocycles. The van der Waals surface area contributed by atoms with Crippen LogP contribution in [-0.4, -0.2) is 0 Å². The summed E-state index contributed by atoms with van der Waals surface area (Å²) in [5.74, 6) is 1.59. The molecule has 0 saturated heterocycles. The van der Waals surface area contributed by atoms with E-state index in [-0.39, 0.29) is 0 Å². The predicted molar refractivity (Wildman–Crippen MR) is 59.7 cm³/mol. The lowest BCUT2D eigenvalue weighted by molar-refractivity contribution is 0.482. The van der Waals surface area contributed by atoms with E-state index in [9.17, 15) is 0 Å². The molecule has 0 aliphatic carbocycles. The first-order valence-electron chi connectivity index (χ1n) is 4.81. The maximum absolute atomic E-state index is 5.63. The summed E-state index contributed by atoms with van der Waals surface area (Å²) in [7, 11) is 0. The van der Waals surface area contributed by atoms with Gasteiger partial charge in [0.25, 0.3) is 0 Å². The topological polar surface area (TPSA) is 35.2 Å². The SMILES string of the molecule is NCc1cccc(Oc2c[c]ccc2)c1. The van der Waals surface area contributed by atoms with Gasteiger partial charge < -0.3 is 10.5 Å². The molecule has 0 fully saturated rings. The molecule has 0 aliphatic rings. The Bertz CT molecular complexity index is 426. The van der Waals surface area contributed by atoms with Crippen LogP contribution in [0.5, 0.6) is 11.5 Å². The minimum Gasteiger partial charge on any atom is -0.457 e. The fourth-order valence-corrected chi connectivity index (χ4v) is 1.31. The second-order valence-electron chi connectivity index (χ2n) is 3.19. The van der Waals surface area contributed by atoms with Gasteiger partial charge in [-0.15, -0.1) is 0 Å². The van der Waals surface area contributed by atoms with Crippen molar-refractivity contribution in [3.63, 3.8) is 0 Å². The summed E-state index contributed by atoms with van der Waals surface area (Å²) < 4.78 is 5.63. The Morgan fingerprint density at radius 1 is 1.13 bits per heavy atom. The molecular formula is C13H12NO. The van der Waals surface area contributed by atoms with Gasteiger partial charge in [0.15, 0.2) is 0 Å². The number of hydrogen-bond donors (Lipinski definition) is 1. The number of benzene rings is 2. The molecule has 0 unspecified atom stereocenters. The van der Waals surface area contributed by atoms with E-state index in [1.165, 1.54) is 0 Å². The third kappa shape index (κ3) is 2.58. The summed E-state index contributed by atoms with van der Waals surface area (Å²) in [6, 6.07) is 18.1. The molecule has 2 heteroatoms. The molecule has 75 valence electrons. The molecular weight excluding hydrogens is 186 g/mol. The summed E-state index contributed by atoms with van der Waals surface area (Å²) in [6.07, 6.45) is 0. The van der Waals surface area contributed by atoms with Gasteiger partial charge in [-0.25, -0.2) is 0 Å². The first-order chi connectivity index (χ1) is 7.38. The van der Waals surface area contributed by atoms with Crippen LogP contribution in [0.3, 0.4) is 0 Å². The van der Waals surface area contributed by atoms with Gasteiger partial charge in [0, 0.05) is 6.54 Å². The lowest BCUT2D eigenvalue weighted by Gasteiger charge is -2.06. The van der Waals surface area contributed by atoms with Crippen molar-refractivity contribution in [1.29, 1.82) is 0 Å². The van der Waals surface area contributed by atoms with Crippen LogP contribution in [0.4, 0.5) is 0 Å². The normalized spacial score (nSPS) is 9.93. The number of ether oxygens (including phenoxy) is 1. The third-order valence-electron chi connectivity index (χ3n) is 2.05. The third-order valence-corrected chi connectivity index (χ3v) is 2.05. The van der Waals surface area contributed by atoms with Gasteiger partial charge in [-0.3, -0.25) is 0 Å². The van der Waals surface area contributed by atoms with Crippen molar-refractivity contribution in [3.05, 3.63) is 60.2 Å². The highest BCUT2D eigenvalue weighted by molar-refractivity contribution is 5.33. The second kappa shape index (κ2) is 4.62. The lowest BCUT2D eigenvalue weighted by atomic mass is 10.2. The van der Waals surface area contributed by atoms with Gasteiger partial charge >= 0.3 is 0 Å². The number of rotatable bonds is 3. The highest BCUT2D eigenvalue weighted by atomic mass is 16.5. The second-order valence-corrected chi connectivity index (χ2v) is 3.19. The molecule has 1 radical (unpaired) electrons. The van der Waals surface area contributed by atoms with E-state index >= 15 is 0 Å². The van der Waals surface area contributed by atoms with Crippen LogP contribution in [0.2, 0.25) is 0 Å². The van der Waals surface area contributed by atoms with Crippen molar-refractivity contribution in [3.8, 4) is 11.5 Å². The van der Waals surface area contributed by atoms with Crippen LogP contribution in [0.1, 0.15) is 5.56 Å². The Morgan fingerprint density at radius 3 is 2.73 bits per heavy atom. The number of hydrogen-bond acceptors (Lipinski definition) is 2. The fourth-order valence-electron chi connectivity index (χ4n) is 1.31. The minimum absolute atomic E-state index is 0.526. The largest absolute Gasteiger partial charge is 0.457 e. The maximum atomic E-state index is 5.63. The summed E-state index contributed by atoms with van der Waals surface area (Å²) in [5, 5.41) is 0. The smallest absolute Gasteiger partial charge is 0.128 e. The van der Waals surface area contributed by atoms with Crippen LogP contribution in [0.15, 0.2) is 48.5 Å². The molecule has 2 aromatic carbocycles. The van der Waals surface area contributed by atoms with Gasteiger partial charge in [-0.2, -0.15) is 0 Å². The van der Waals surface area contributed by atoms with E-state index in [2.05, 4.69) is 6.07 Å². The fraction of sp³-hybridized carbons (Fsp3) is 0.0769. The summed E-state index contributed by atoms with van der Waals surface area (Å²) >= 11 is 0. The molecule has 0 amide bonds. The van der Waals surface area contributed by atoms with Crippen molar-refractivity contribution < 1.29 is 4.74 Å². The Labute approximate surface area is 89.3 Å². The van der Waals surface area contributed by atoms with Crippen LogP contribution < -0.4 is 10.5 Å². The lowest BCUT2D eigenvalue weighted by Crippen LogP contribution is -1.95. The zero-order valence-electron chi connectivity index (χ0n) is 8.31. The Morgan fingerprint density at radius 2 is 2.00 bits per heavy atom. The van der Waals surface area contributed by atoms with Crippen molar-refractivity contribution >= 4 is 0 Å². The molecule has 0 heterocycles. The molecule has 0 atom stereocenters. The van der Waals surface area contributed by atoms with Gasteiger partial charge in [-0.1, -0.05) is 24.3 Å². The van der Waals surface area contributed by atoms with Gasteiger partial charge in [0.05, 0.1) is 0 Å². The summed E-state index contributed by atoms with van der Waals surface area (Å²) in [4.78, 5) is 0. The standard InChI is InChI=1S/C13H12NO/c14-10-11-5-4-8-13(9-11)15-12-6-2-1-3-7-12/h1-2,4-9H,10,14H2. The molecule has 15 heavy (non-hydrogen) atoms. The Hall–Kier alpha value is -1.80. The first-order valence-corrected chi connectivity index (χ1v) is 4.81. The van der Waals surface area contributed by atoms with Crippen LogP contribution in [0, 0.1) is 6.07 Å². The Balaban J connectivity index is 2.17. The number of nitrogens with two attached hydrogens (primary N) is 1. The first kappa shape index (κ1) is 9.74. The molecule has 2 aromatic rings. The molecule has 0 aromatic heterocycles. The monoisotopic (exact) mass is 198 g/mol. The molecule has 0 bridgehead atoms. The van der Waals surface area contributed by atoms with Gasteiger partial charge in [-0.05, 0) is 35.9 Å². The van der Waals surface area contributed by atoms with E-state index < -0.39 is 0 Å². The van der Waals surface area contributed by atoms with Crippen molar-refractivity contribution in [2.45, 2.75) is 6.54 Å². The van der Waals surface area contributed by atoms with Crippen molar-refractivity contribution in [2.75, 3.05) is 0 Å². The zero-order chi connectivity index (χ0) is 10.5. The minimum atomic E-state index is 0.526. The maximum Gasteiger partial charge on any atom is 0.128 e. The summed E-state index contributed by atoms with van der Waals surface area (Å²) in [5.41, 5.74) is 6.61. The van der Waals surface area contributed by atoms with Gasteiger partial charge in [0.2, 0.25) is 0 Å². The van der Waals surface area contributed by atoms with E-state index in [4.69, 9.17) is 10.5 Å². The average molecular weight is 198 g/mol. The quantitative estimate of drug-likeness (QED) is 0.823. The molecule has 2 N–H and O–H groups in total. The van der Waals surface area contributed by atoms with Crippen LogP contribution in [0.25, 0.3) is 0 Å². The van der Waals surface area contributed by atoms with Gasteiger partial charge in [0.1, 0.15) is 11.5 Å². The molecule has 0 spiro atoms. The van der Waals surface area contributed by atoms with Crippen LogP contribution in [-0.2, 0) is 6.54 Å². The predicted octanol–water partition coefficient (Wildman–Crippen LogP) is 2.74.